The number of hydrogen-bond donors (Lipinski definition) is 3. The normalized spacial score (nSPS) is 10.0. The zero-order valence-electron chi connectivity index (χ0n) is 7.22. The molecule has 13 heavy (non-hydrogen) atoms. The van der Waals surface area contributed by atoms with Gasteiger partial charge in [-0.25, -0.2) is 4.98 Å². The number of nitrogens with zero attached hydrogens (tertiary/aromatic N) is 1. The number of nitrogens with one attached hydrogen (secondary N) is 3. The van der Waals surface area contributed by atoms with Gasteiger partial charge < -0.3 is 15.6 Å². The summed E-state index contributed by atoms with van der Waals surface area (Å²) in [5.41, 5.74) is -0.330. The lowest BCUT2D eigenvalue weighted by Gasteiger charge is -2.04. The van der Waals surface area contributed by atoms with Gasteiger partial charge in [0.05, 0.1) is 6.33 Å². The van der Waals surface area contributed by atoms with E-state index in [0.29, 0.717) is 12.4 Å². The van der Waals surface area contributed by atoms with Crippen molar-refractivity contribution >= 4 is 17.4 Å². The van der Waals surface area contributed by atoms with Crippen LogP contribution in [0.2, 0.25) is 5.02 Å². The van der Waals surface area contributed by atoms with Gasteiger partial charge in [0.2, 0.25) is 0 Å². The first kappa shape index (κ1) is 10.0. The molecule has 3 N–H and O–H groups in total. The molecule has 5 nitrogen and oxygen atoms in total. The molecule has 0 aliphatic carbocycles. The van der Waals surface area contributed by atoms with Gasteiger partial charge in [-0.05, 0) is 7.05 Å². The number of rotatable bonds is 4. The predicted molar refractivity (Wildman–Crippen MR) is 52.3 cm³/mol. The molecule has 0 radical (unpaired) electrons. The Morgan fingerprint density at radius 3 is 3.08 bits per heavy atom. The molecular weight excluding hydrogens is 192 g/mol. The molecule has 1 aromatic heterocycles. The fourth-order valence-electron chi connectivity index (χ4n) is 0.812. The summed E-state index contributed by atoms with van der Waals surface area (Å²) in [5, 5.41) is 5.98. The Kier molecular flexibility index (Phi) is 3.72. The van der Waals surface area contributed by atoms with E-state index in [2.05, 4.69) is 20.6 Å². The molecule has 1 aromatic rings. The summed E-state index contributed by atoms with van der Waals surface area (Å²) in [6.45, 7) is 1.46. The molecule has 0 saturated carbocycles. The molecular formula is C7H11ClN4O. The highest BCUT2D eigenvalue weighted by Crippen LogP contribution is 2.10. The third-order valence-corrected chi connectivity index (χ3v) is 1.81. The lowest BCUT2D eigenvalue weighted by Crippen LogP contribution is -2.20. The van der Waals surface area contributed by atoms with Crippen LogP contribution in [0.15, 0.2) is 11.1 Å². The number of H-pyrrole nitrogens is 1. The minimum absolute atomic E-state index is 0.0959. The highest BCUT2D eigenvalue weighted by Gasteiger charge is 2.03. The second kappa shape index (κ2) is 4.84. The van der Waals surface area contributed by atoms with E-state index < -0.39 is 0 Å². The van der Waals surface area contributed by atoms with Crippen molar-refractivity contribution in [2.24, 2.45) is 0 Å². The van der Waals surface area contributed by atoms with E-state index in [1.54, 1.807) is 0 Å². The van der Waals surface area contributed by atoms with Crippen molar-refractivity contribution in [3.8, 4) is 0 Å². The maximum Gasteiger partial charge on any atom is 0.271 e. The third-order valence-electron chi connectivity index (χ3n) is 1.46. The molecule has 0 aliphatic heterocycles. The fourth-order valence-corrected chi connectivity index (χ4v) is 0.982. The van der Waals surface area contributed by atoms with Gasteiger partial charge in [-0.2, -0.15) is 0 Å². The van der Waals surface area contributed by atoms with Gasteiger partial charge in [0, 0.05) is 13.1 Å². The van der Waals surface area contributed by atoms with Crippen LogP contribution in [0.5, 0.6) is 0 Å². The summed E-state index contributed by atoms with van der Waals surface area (Å²) in [6.07, 6.45) is 1.32. The minimum atomic E-state index is -0.330. The van der Waals surface area contributed by atoms with E-state index in [-0.39, 0.29) is 10.6 Å². The first-order valence-corrected chi connectivity index (χ1v) is 4.25. The van der Waals surface area contributed by atoms with Crippen molar-refractivity contribution in [2.75, 3.05) is 25.5 Å². The van der Waals surface area contributed by atoms with Crippen molar-refractivity contribution in [3.63, 3.8) is 0 Å². The molecule has 6 heteroatoms. The summed E-state index contributed by atoms with van der Waals surface area (Å²) in [6, 6.07) is 0. The number of aromatic nitrogens is 2. The van der Waals surface area contributed by atoms with Crippen molar-refractivity contribution in [2.45, 2.75) is 0 Å². The highest BCUT2D eigenvalue weighted by atomic mass is 35.5. The summed E-state index contributed by atoms with van der Waals surface area (Å²) < 4.78 is 0. The first-order valence-electron chi connectivity index (χ1n) is 3.87. The summed E-state index contributed by atoms with van der Waals surface area (Å²) in [7, 11) is 1.84. The Labute approximate surface area is 80.5 Å². The average Bonchev–Trinajstić information content (AvgIpc) is 2.13. The Bertz CT molecular complexity index is 325. The number of halogens is 1. The average molecular weight is 203 g/mol. The van der Waals surface area contributed by atoms with Gasteiger partial charge in [-0.3, -0.25) is 4.79 Å². The smallest absolute Gasteiger partial charge is 0.271 e. The van der Waals surface area contributed by atoms with Crippen LogP contribution in [-0.4, -0.2) is 30.1 Å². The molecule has 0 unspecified atom stereocenters. The standard InChI is InChI=1S/C7H11ClN4O/c1-9-2-3-10-6-5(8)7(13)12-4-11-6/h4,9H,2-3H2,1H3,(H2,10,11,12,13). The molecule has 0 aliphatic rings. The topological polar surface area (TPSA) is 69.8 Å². The van der Waals surface area contributed by atoms with Crippen molar-refractivity contribution in [1.29, 1.82) is 0 Å². The SMILES string of the molecule is CNCCNc1nc[nH]c(=O)c1Cl. The summed E-state index contributed by atoms with van der Waals surface area (Å²) >= 11 is 5.68. The van der Waals surface area contributed by atoms with E-state index in [4.69, 9.17) is 11.6 Å². The fraction of sp³-hybridized carbons (Fsp3) is 0.429. The van der Waals surface area contributed by atoms with Crippen LogP contribution in [0.3, 0.4) is 0 Å². The van der Waals surface area contributed by atoms with Gasteiger partial charge in [0.25, 0.3) is 5.56 Å². The van der Waals surface area contributed by atoms with Crippen molar-refractivity contribution in [1.82, 2.24) is 15.3 Å². The predicted octanol–water partition coefficient (Wildman–Crippen LogP) is 0.0546. The minimum Gasteiger partial charge on any atom is -0.367 e. The molecule has 0 amide bonds. The summed E-state index contributed by atoms with van der Waals surface area (Å²) in [5.74, 6) is 0.417. The lowest BCUT2D eigenvalue weighted by molar-refractivity contribution is 0.820. The van der Waals surface area contributed by atoms with E-state index in [9.17, 15) is 4.79 Å². The van der Waals surface area contributed by atoms with E-state index >= 15 is 0 Å². The van der Waals surface area contributed by atoms with Crippen LogP contribution in [0.4, 0.5) is 5.82 Å². The zero-order valence-corrected chi connectivity index (χ0v) is 7.98. The molecule has 72 valence electrons. The van der Waals surface area contributed by atoms with Crippen LogP contribution < -0.4 is 16.2 Å². The third kappa shape index (κ3) is 2.71. The van der Waals surface area contributed by atoms with E-state index in [1.165, 1.54) is 6.33 Å². The van der Waals surface area contributed by atoms with Crippen LogP contribution in [0.25, 0.3) is 0 Å². The number of aromatic amines is 1. The molecule has 0 saturated heterocycles. The van der Waals surface area contributed by atoms with Gasteiger partial charge in [0.15, 0.2) is 5.82 Å². The Morgan fingerprint density at radius 1 is 1.62 bits per heavy atom. The van der Waals surface area contributed by atoms with Crippen LogP contribution in [-0.2, 0) is 0 Å². The molecule has 1 heterocycles. The molecule has 0 aromatic carbocycles. The molecule has 0 fully saturated rings. The largest absolute Gasteiger partial charge is 0.367 e. The number of hydrogen-bond acceptors (Lipinski definition) is 4. The first-order chi connectivity index (χ1) is 6.25. The maximum atomic E-state index is 11.0. The Morgan fingerprint density at radius 2 is 2.38 bits per heavy atom. The molecule has 1 rings (SSSR count). The Hall–Kier alpha value is -1.07. The number of anilines is 1. The number of likely N-dealkylation sites (N-methyl/N-ethyl adjacent to an activating group) is 1. The second-order valence-electron chi connectivity index (χ2n) is 2.42. The van der Waals surface area contributed by atoms with Crippen LogP contribution >= 0.6 is 11.6 Å². The molecule has 0 bridgehead atoms. The quantitative estimate of drug-likeness (QED) is 0.604. The lowest BCUT2D eigenvalue weighted by atomic mass is 10.5. The van der Waals surface area contributed by atoms with Gasteiger partial charge in [0.1, 0.15) is 5.02 Å². The van der Waals surface area contributed by atoms with Gasteiger partial charge in [-0.1, -0.05) is 11.6 Å². The van der Waals surface area contributed by atoms with Crippen molar-refractivity contribution in [3.05, 3.63) is 21.7 Å². The van der Waals surface area contributed by atoms with Crippen LogP contribution in [0, 0.1) is 0 Å². The van der Waals surface area contributed by atoms with Crippen molar-refractivity contribution < 1.29 is 0 Å². The van der Waals surface area contributed by atoms with E-state index in [1.807, 2.05) is 7.05 Å². The highest BCUT2D eigenvalue weighted by molar-refractivity contribution is 6.32. The maximum absolute atomic E-state index is 11.0. The second-order valence-corrected chi connectivity index (χ2v) is 2.80. The monoisotopic (exact) mass is 202 g/mol. The Balaban J connectivity index is 2.66. The van der Waals surface area contributed by atoms with Crippen LogP contribution in [0.1, 0.15) is 0 Å². The van der Waals surface area contributed by atoms with Gasteiger partial charge in [-0.15, -0.1) is 0 Å². The molecule has 0 spiro atoms. The van der Waals surface area contributed by atoms with E-state index in [0.717, 1.165) is 6.54 Å². The van der Waals surface area contributed by atoms with Gasteiger partial charge >= 0.3 is 0 Å². The summed E-state index contributed by atoms with van der Waals surface area (Å²) in [4.78, 5) is 17.3. The molecule has 0 atom stereocenters. The zero-order chi connectivity index (χ0) is 9.68.